The Kier molecular flexibility index (Phi) is 13.4. The molecular formula is C31H62. The topological polar surface area (TPSA) is 0 Å². The largest absolute Gasteiger partial charge is 0.0628 e. The molecule has 1 saturated carbocycles. The molecule has 7 unspecified atom stereocenters. The molecule has 1 aliphatic rings. The van der Waals surface area contributed by atoms with Gasteiger partial charge in [-0.3, -0.25) is 0 Å². The Morgan fingerprint density at radius 1 is 0.645 bits per heavy atom. The predicted molar refractivity (Wildman–Crippen MR) is 142 cm³/mol. The molecule has 0 heterocycles. The van der Waals surface area contributed by atoms with Crippen LogP contribution in [0.3, 0.4) is 0 Å². The van der Waals surface area contributed by atoms with E-state index in [1.54, 1.807) is 0 Å². The molecular weight excluding hydrogens is 372 g/mol. The van der Waals surface area contributed by atoms with Gasteiger partial charge in [-0.2, -0.15) is 0 Å². The van der Waals surface area contributed by atoms with Gasteiger partial charge < -0.3 is 0 Å². The predicted octanol–water partition coefficient (Wildman–Crippen LogP) is 10.8. The first kappa shape index (κ1) is 29.0. The van der Waals surface area contributed by atoms with Crippen molar-refractivity contribution in [1.82, 2.24) is 0 Å². The van der Waals surface area contributed by atoms with Gasteiger partial charge in [0.2, 0.25) is 0 Å². The molecule has 0 aliphatic heterocycles. The molecule has 1 aliphatic carbocycles. The average Bonchev–Trinajstić information content (AvgIpc) is 2.67. The van der Waals surface area contributed by atoms with Gasteiger partial charge in [-0.05, 0) is 78.4 Å². The fourth-order valence-electron chi connectivity index (χ4n) is 6.32. The van der Waals surface area contributed by atoms with E-state index in [-0.39, 0.29) is 0 Å². The van der Waals surface area contributed by atoms with Crippen LogP contribution < -0.4 is 0 Å². The Balaban J connectivity index is 2.19. The molecule has 0 bridgehead atoms. The normalized spacial score (nSPS) is 29.3. The van der Waals surface area contributed by atoms with Crippen LogP contribution in [0, 0.1) is 52.8 Å². The van der Waals surface area contributed by atoms with Crippen molar-refractivity contribution in [3.63, 3.8) is 0 Å². The first-order valence-electron chi connectivity index (χ1n) is 14.4. The second kappa shape index (κ2) is 14.3. The second-order valence-corrected chi connectivity index (χ2v) is 13.6. The summed E-state index contributed by atoms with van der Waals surface area (Å²) in [6.45, 7) is 24.8. The third-order valence-electron chi connectivity index (χ3n) is 9.59. The zero-order chi connectivity index (χ0) is 23.6. The van der Waals surface area contributed by atoms with Gasteiger partial charge in [0.1, 0.15) is 0 Å². The maximum Gasteiger partial charge on any atom is -0.0354 e. The summed E-state index contributed by atoms with van der Waals surface area (Å²) in [4.78, 5) is 0. The molecule has 0 amide bonds. The highest BCUT2D eigenvalue weighted by atomic mass is 14.4. The van der Waals surface area contributed by atoms with E-state index in [9.17, 15) is 0 Å². The molecule has 31 heavy (non-hydrogen) atoms. The highest BCUT2D eigenvalue weighted by molar-refractivity contribution is 4.86. The maximum absolute atomic E-state index is 2.54. The molecule has 1 rings (SSSR count). The summed E-state index contributed by atoms with van der Waals surface area (Å²) in [5.74, 6) is 7.31. The van der Waals surface area contributed by atoms with Crippen LogP contribution in [0.15, 0.2) is 0 Å². The van der Waals surface area contributed by atoms with Crippen LogP contribution in [0.1, 0.15) is 146 Å². The Morgan fingerprint density at radius 3 is 1.71 bits per heavy atom. The summed E-state index contributed by atoms with van der Waals surface area (Å²) in [6, 6.07) is 0. The van der Waals surface area contributed by atoms with Crippen LogP contribution in [-0.2, 0) is 0 Å². The van der Waals surface area contributed by atoms with E-state index >= 15 is 0 Å². The molecule has 0 N–H and O–H groups in total. The standard InChI is InChI=1S/C31H62/c1-23(2)14-11-15-24(3)16-12-17-25(4)18-13-20-31(9,10)21-19-30-22-26(5)27(6)28(7)29(30)8/h23-30H,11-22H2,1-10H3. The number of hydrogen-bond acceptors (Lipinski definition) is 0. The van der Waals surface area contributed by atoms with E-state index in [4.69, 9.17) is 0 Å². The van der Waals surface area contributed by atoms with Gasteiger partial charge in [-0.15, -0.1) is 0 Å². The van der Waals surface area contributed by atoms with Gasteiger partial charge >= 0.3 is 0 Å². The summed E-state index contributed by atoms with van der Waals surface area (Å²) in [7, 11) is 0. The molecule has 0 radical (unpaired) electrons. The van der Waals surface area contributed by atoms with Crippen LogP contribution in [0.25, 0.3) is 0 Å². The van der Waals surface area contributed by atoms with E-state index < -0.39 is 0 Å². The van der Waals surface area contributed by atoms with Crippen molar-refractivity contribution in [3.05, 3.63) is 0 Å². The van der Waals surface area contributed by atoms with Crippen LogP contribution in [-0.4, -0.2) is 0 Å². The van der Waals surface area contributed by atoms with Crippen molar-refractivity contribution >= 4 is 0 Å². The lowest BCUT2D eigenvalue weighted by atomic mass is 9.62. The highest BCUT2D eigenvalue weighted by Crippen LogP contribution is 2.45. The van der Waals surface area contributed by atoms with Crippen LogP contribution in [0.2, 0.25) is 0 Å². The van der Waals surface area contributed by atoms with E-state index in [0.29, 0.717) is 5.41 Å². The van der Waals surface area contributed by atoms with Gasteiger partial charge in [0.05, 0.1) is 0 Å². The van der Waals surface area contributed by atoms with E-state index in [0.717, 1.165) is 47.3 Å². The fraction of sp³-hybridized carbons (Fsp3) is 1.00. The summed E-state index contributed by atoms with van der Waals surface area (Å²) in [5.41, 5.74) is 0.528. The van der Waals surface area contributed by atoms with Crippen LogP contribution in [0.4, 0.5) is 0 Å². The molecule has 0 aromatic heterocycles. The minimum Gasteiger partial charge on any atom is -0.0628 e. The Labute approximate surface area is 199 Å². The maximum atomic E-state index is 2.54. The van der Waals surface area contributed by atoms with Crippen molar-refractivity contribution < 1.29 is 0 Å². The fourth-order valence-corrected chi connectivity index (χ4v) is 6.32. The summed E-state index contributed by atoms with van der Waals surface area (Å²) < 4.78 is 0. The lowest BCUT2D eigenvalue weighted by Gasteiger charge is -2.43. The van der Waals surface area contributed by atoms with Gasteiger partial charge in [-0.25, -0.2) is 0 Å². The van der Waals surface area contributed by atoms with E-state index in [1.165, 1.54) is 77.0 Å². The lowest BCUT2D eigenvalue weighted by molar-refractivity contribution is 0.0624. The zero-order valence-corrected chi connectivity index (χ0v) is 23.6. The average molecular weight is 435 g/mol. The Morgan fingerprint density at radius 2 is 1.16 bits per heavy atom. The molecule has 0 nitrogen and oxygen atoms in total. The van der Waals surface area contributed by atoms with Gasteiger partial charge in [0.25, 0.3) is 0 Å². The molecule has 0 heteroatoms. The third-order valence-corrected chi connectivity index (χ3v) is 9.59. The zero-order valence-electron chi connectivity index (χ0n) is 23.6. The first-order valence-corrected chi connectivity index (χ1v) is 14.4. The van der Waals surface area contributed by atoms with Crippen molar-refractivity contribution in [3.8, 4) is 0 Å². The molecule has 1 fully saturated rings. The highest BCUT2D eigenvalue weighted by Gasteiger charge is 2.36. The van der Waals surface area contributed by atoms with Crippen molar-refractivity contribution in [1.29, 1.82) is 0 Å². The molecule has 0 spiro atoms. The SMILES string of the molecule is CC(C)CCCC(C)CCCC(C)CCCC(C)(C)CCC1CC(C)C(C)C(C)C1C. The molecule has 0 aromatic carbocycles. The van der Waals surface area contributed by atoms with Crippen molar-refractivity contribution in [2.24, 2.45) is 52.8 Å². The Hall–Kier alpha value is 0. The number of hydrogen-bond donors (Lipinski definition) is 0. The Bertz CT molecular complexity index is 447. The van der Waals surface area contributed by atoms with Gasteiger partial charge in [0.15, 0.2) is 0 Å². The van der Waals surface area contributed by atoms with Gasteiger partial charge in [-0.1, -0.05) is 121 Å². The van der Waals surface area contributed by atoms with Crippen LogP contribution in [0.5, 0.6) is 0 Å². The minimum atomic E-state index is 0.528. The van der Waals surface area contributed by atoms with E-state index in [2.05, 4.69) is 69.2 Å². The summed E-state index contributed by atoms with van der Waals surface area (Å²) in [5, 5.41) is 0. The van der Waals surface area contributed by atoms with Gasteiger partial charge in [0, 0.05) is 0 Å². The van der Waals surface area contributed by atoms with Crippen molar-refractivity contribution in [2.75, 3.05) is 0 Å². The molecule has 0 aromatic rings. The smallest absolute Gasteiger partial charge is 0.0354 e. The minimum absolute atomic E-state index is 0.528. The molecule has 7 atom stereocenters. The lowest BCUT2D eigenvalue weighted by Crippen LogP contribution is -2.35. The van der Waals surface area contributed by atoms with E-state index in [1.807, 2.05) is 0 Å². The summed E-state index contributed by atoms with van der Waals surface area (Å²) >= 11 is 0. The van der Waals surface area contributed by atoms with Crippen molar-refractivity contribution in [2.45, 2.75) is 146 Å². The second-order valence-electron chi connectivity index (χ2n) is 13.6. The third kappa shape index (κ3) is 11.6. The summed E-state index contributed by atoms with van der Waals surface area (Å²) in [6.07, 6.45) is 17.3. The van der Waals surface area contributed by atoms with Crippen LogP contribution >= 0.6 is 0 Å². The molecule has 186 valence electrons. The molecule has 0 saturated heterocycles. The number of rotatable bonds is 15. The quantitative estimate of drug-likeness (QED) is 0.240. The monoisotopic (exact) mass is 434 g/mol. The first-order chi connectivity index (χ1) is 14.4.